The van der Waals surface area contributed by atoms with Crippen molar-refractivity contribution in [3.63, 3.8) is 0 Å². The van der Waals surface area contributed by atoms with Gasteiger partial charge in [0.15, 0.2) is 0 Å². The number of rotatable bonds is 5. The van der Waals surface area contributed by atoms with Gasteiger partial charge in [-0.2, -0.15) is 0 Å². The van der Waals surface area contributed by atoms with Crippen LogP contribution in [0.2, 0.25) is 0 Å². The smallest absolute Gasteiger partial charge is 0.226 e. The van der Waals surface area contributed by atoms with Crippen LogP contribution in [0.3, 0.4) is 0 Å². The molecule has 0 heterocycles. The lowest BCUT2D eigenvalue weighted by atomic mass is 10.1. The molecular formula is C19H24N2O. The fraction of sp³-hybridized carbons (Fsp3) is 0.316. The fourth-order valence-electron chi connectivity index (χ4n) is 2.42. The van der Waals surface area contributed by atoms with Crippen molar-refractivity contribution in [2.24, 2.45) is 0 Å². The maximum atomic E-state index is 12.0. The standard InChI is InChI=1S/C19H24N2O/c1-13-8-9-17(15(3)12-13)21-19(22)10-11-20-18-7-5-6-14(2)16(18)4/h5-9,12,20H,10-11H2,1-4H3,(H,21,22). The number of hydrogen-bond donors (Lipinski definition) is 2. The molecule has 0 aliphatic carbocycles. The number of anilines is 2. The van der Waals surface area contributed by atoms with Crippen LogP contribution in [-0.2, 0) is 4.79 Å². The lowest BCUT2D eigenvalue weighted by molar-refractivity contribution is -0.115. The van der Waals surface area contributed by atoms with Crippen molar-refractivity contribution in [2.45, 2.75) is 34.1 Å². The highest BCUT2D eigenvalue weighted by molar-refractivity contribution is 5.91. The van der Waals surface area contributed by atoms with Crippen LogP contribution in [0.4, 0.5) is 11.4 Å². The molecule has 0 saturated heterocycles. The Balaban J connectivity index is 1.87. The summed E-state index contributed by atoms with van der Waals surface area (Å²) >= 11 is 0. The zero-order valence-corrected chi connectivity index (χ0v) is 13.8. The van der Waals surface area contributed by atoms with E-state index in [1.54, 1.807) is 0 Å². The van der Waals surface area contributed by atoms with Crippen molar-refractivity contribution in [3.05, 3.63) is 58.7 Å². The van der Waals surface area contributed by atoms with Gasteiger partial charge < -0.3 is 10.6 Å². The van der Waals surface area contributed by atoms with E-state index in [-0.39, 0.29) is 5.91 Å². The molecule has 3 heteroatoms. The van der Waals surface area contributed by atoms with E-state index in [9.17, 15) is 4.79 Å². The zero-order chi connectivity index (χ0) is 16.1. The summed E-state index contributed by atoms with van der Waals surface area (Å²) in [7, 11) is 0. The van der Waals surface area contributed by atoms with Crippen LogP contribution in [-0.4, -0.2) is 12.5 Å². The Hall–Kier alpha value is -2.29. The van der Waals surface area contributed by atoms with E-state index in [0.717, 1.165) is 16.9 Å². The van der Waals surface area contributed by atoms with Gasteiger partial charge in [-0.05, 0) is 56.5 Å². The molecule has 0 aromatic heterocycles. The van der Waals surface area contributed by atoms with Crippen LogP contribution in [0.5, 0.6) is 0 Å². The van der Waals surface area contributed by atoms with Gasteiger partial charge in [-0.25, -0.2) is 0 Å². The molecule has 0 aliphatic rings. The quantitative estimate of drug-likeness (QED) is 0.860. The molecular weight excluding hydrogens is 272 g/mol. The van der Waals surface area contributed by atoms with E-state index in [1.807, 2.05) is 38.1 Å². The first-order valence-electron chi connectivity index (χ1n) is 7.64. The zero-order valence-electron chi connectivity index (χ0n) is 13.8. The summed E-state index contributed by atoms with van der Waals surface area (Å²) < 4.78 is 0. The second-order valence-corrected chi connectivity index (χ2v) is 5.79. The molecule has 116 valence electrons. The maximum Gasteiger partial charge on any atom is 0.226 e. The van der Waals surface area contributed by atoms with Crippen molar-refractivity contribution in [3.8, 4) is 0 Å². The molecule has 2 aromatic carbocycles. The third-order valence-corrected chi connectivity index (χ3v) is 3.93. The monoisotopic (exact) mass is 296 g/mol. The van der Waals surface area contributed by atoms with E-state index in [0.29, 0.717) is 13.0 Å². The number of carbonyl (C=O) groups excluding carboxylic acids is 1. The number of amides is 1. The third kappa shape index (κ3) is 4.10. The molecule has 0 aliphatic heterocycles. The molecule has 2 aromatic rings. The van der Waals surface area contributed by atoms with Gasteiger partial charge in [-0.1, -0.05) is 29.8 Å². The van der Waals surface area contributed by atoms with Crippen molar-refractivity contribution in [2.75, 3.05) is 17.2 Å². The Labute approximate surface area is 132 Å². The van der Waals surface area contributed by atoms with Crippen molar-refractivity contribution >= 4 is 17.3 Å². The minimum absolute atomic E-state index is 0.0322. The Kier molecular flexibility index (Phi) is 5.21. The molecule has 0 bridgehead atoms. The summed E-state index contributed by atoms with van der Waals surface area (Å²) in [5.74, 6) is 0.0322. The molecule has 0 radical (unpaired) electrons. The van der Waals surface area contributed by atoms with Crippen molar-refractivity contribution in [1.29, 1.82) is 0 Å². The van der Waals surface area contributed by atoms with Crippen molar-refractivity contribution < 1.29 is 4.79 Å². The van der Waals surface area contributed by atoms with Gasteiger partial charge in [0.2, 0.25) is 5.91 Å². The van der Waals surface area contributed by atoms with E-state index in [4.69, 9.17) is 0 Å². The highest BCUT2D eigenvalue weighted by Crippen LogP contribution is 2.18. The first kappa shape index (κ1) is 16.1. The van der Waals surface area contributed by atoms with Gasteiger partial charge in [-0.15, -0.1) is 0 Å². The van der Waals surface area contributed by atoms with Gasteiger partial charge in [0.1, 0.15) is 0 Å². The number of carbonyl (C=O) groups is 1. The highest BCUT2D eigenvalue weighted by atomic mass is 16.1. The van der Waals surface area contributed by atoms with Crippen molar-refractivity contribution in [1.82, 2.24) is 0 Å². The van der Waals surface area contributed by atoms with Gasteiger partial charge in [0.25, 0.3) is 0 Å². The first-order chi connectivity index (χ1) is 10.5. The molecule has 0 spiro atoms. The summed E-state index contributed by atoms with van der Waals surface area (Å²) in [4.78, 5) is 12.0. The van der Waals surface area contributed by atoms with Gasteiger partial charge >= 0.3 is 0 Å². The number of benzene rings is 2. The topological polar surface area (TPSA) is 41.1 Å². The van der Waals surface area contributed by atoms with E-state index < -0.39 is 0 Å². The highest BCUT2D eigenvalue weighted by Gasteiger charge is 2.06. The molecule has 0 fully saturated rings. The molecule has 1 amide bonds. The predicted molar refractivity (Wildman–Crippen MR) is 93.6 cm³/mol. The van der Waals surface area contributed by atoms with Crippen LogP contribution >= 0.6 is 0 Å². The average molecular weight is 296 g/mol. The summed E-state index contributed by atoms with van der Waals surface area (Å²) in [6.45, 7) is 8.87. The van der Waals surface area contributed by atoms with Gasteiger partial charge in [-0.3, -0.25) is 4.79 Å². The average Bonchev–Trinajstić information content (AvgIpc) is 2.46. The third-order valence-electron chi connectivity index (χ3n) is 3.93. The van der Waals surface area contributed by atoms with Crippen LogP contribution in [0.25, 0.3) is 0 Å². The Morgan fingerprint density at radius 1 is 0.955 bits per heavy atom. The normalized spacial score (nSPS) is 10.4. The first-order valence-corrected chi connectivity index (χ1v) is 7.64. The predicted octanol–water partition coefficient (Wildman–Crippen LogP) is 4.36. The molecule has 0 unspecified atom stereocenters. The Bertz CT molecular complexity index is 677. The second-order valence-electron chi connectivity index (χ2n) is 5.79. The van der Waals surface area contributed by atoms with Crippen LogP contribution < -0.4 is 10.6 Å². The van der Waals surface area contributed by atoms with E-state index in [1.165, 1.54) is 16.7 Å². The summed E-state index contributed by atoms with van der Waals surface area (Å²) in [6.07, 6.45) is 0.445. The Morgan fingerprint density at radius 3 is 2.45 bits per heavy atom. The SMILES string of the molecule is Cc1ccc(NC(=O)CCNc2cccc(C)c2C)c(C)c1. The van der Waals surface area contributed by atoms with Crippen LogP contribution in [0.1, 0.15) is 28.7 Å². The molecule has 0 atom stereocenters. The largest absolute Gasteiger partial charge is 0.384 e. The summed E-state index contributed by atoms with van der Waals surface area (Å²) in [5, 5.41) is 6.30. The molecule has 3 nitrogen and oxygen atoms in total. The van der Waals surface area contributed by atoms with Gasteiger partial charge in [0.05, 0.1) is 0 Å². The maximum absolute atomic E-state index is 12.0. The minimum atomic E-state index is 0.0322. The van der Waals surface area contributed by atoms with Crippen LogP contribution in [0, 0.1) is 27.7 Å². The second kappa shape index (κ2) is 7.12. The van der Waals surface area contributed by atoms with E-state index >= 15 is 0 Å². The Morgan fingerprint density at radius 2 is 1.73 bits per heavy atom. The molecule has 0 saturated carbocycles. The molecule has 22 heavy (non-hydrogen) atoms. The molecule has 2 N–H and O–H groups in total. The number of nitrogens with one attached hydrogen (secondary N) is 2. The lowest BCUT2D eigenvalue weighted by Gasteiger charge is -2.12. The van der Waals surface area contributed by atoms with Crippen LogP contribution in [0.15, 0.2) is 36.4 Å². The minimum Gasteiger partial charge on any atom is -0.384 e. The summed E-state index contributed by atoms with van der Waals surface area (Å²) in [5.41, 5.74) is 6.77. The fourth-order valence-corrected chi connectivity index (χ4v) is 2.42. The molecule has 2 rings (SSSR count). The van der Waals surface area contributed by atoms with Gasteiger partial charge in [0, 0.05) is 24.3 Å². The van der Waals surface area contributed by atoms with E-state index in [2.05, 4.69) is 36.6 Å². The number of aryl methyl sites for hydroxylation is 3. The number of hydrogen-bond acceptors (Lipinski definition) is 2. The summed E-state index contributed by atoms with van der Waals surface area (Å²) in [6, 6.07) is 12.2. The lowest BCUT2D eigenvalue weighted by Crippen LogP contribution is -2.17.